The summed E-state index contributed by atoms with van der Waals surface area (Å²) in [5, 5.41) is 4.21. The quantitative estimate of drug-likeness (QED) is 0.798. The van der Waals surface area contributed by atoms with Crippen LogP contribution in [0.25, 0.3) is 0 Å². The first-order chi connectivity index (χ1) is 9.20. The van der Waals surface area contributed by atoms with Gasteiger partial charge in [0.15, 0.2) is 0 Å². The fourth-order valence-electron chi connectivity index (χ4n) is 1.90. The van der Waals surface area contributed by atoms with E-state index in [0.717, 1.165) is 16.4 Å². The Labute approximate surface area is 119 Å². The van der Waals surface area contributed by atoms with Crippen LogP contribution in [0.15, 0.2) is 61.3 Å². The third-order valence-electron chi connectivity index (χ3n) is 3.07. The van der Waals surface area contributed by atoms with E-state index in [1.165, 1.54) is 0 Å². The van der Waals surface area contributed by atoms with Crippen molar-refractivity contribution in [3.63, 3.8) is 0 Å². The summed E-state index contributed by atoms with van der Waals surface area (Å²) in [4.78, 5) is 4.43. The molecule has 0 radical (unpaired) electrons. The normalized spacial score (nSPS) is 13.6. The Hall–Kier alpha value is -1.80. The van der Waals surface area contributed by atoms with E-state index < -0.39 is 0 Å². The second-order valence-electron chi connectivity index (χ2n) is 4.48. The maximum Gasteiger partial charge on any atom is 0.0744 e. The van der Waals surface area contributed by atoms with Gasteiger partial charge in [-0.1, -0.05) is 30.7 Å². The monoisotopic (exact) mass is 272 g/mol. The number of hydrogen-bond acceptors (Lipinski definition) is 2. The Morgan fingerprint density at radius 3 is 2.53 bits per heavy atom. The average Bonchev–Trinajstić information content (AvgIpc) is 2.47. The van der Waals surface area contributed by atoms with Crippen LogP contribution in [-0.2, 0) is 0 Å². The number of anilines is 1. The van der Waals surface area contributed by atoms with Crippen molar-refractivity contribution in [1.29, 1.82) is 0 Å². The Bertz CT molecular complexity index is 522. The third-order valence-corrected chi connectivity index (χ3v) is 3.32. The van der Waals surface area contributed by atoms with Gasteiger partial charge in [-0.25, -0.2) is 0 Å². The molecule has 1 N–H and O–H groups in total. The first-order valence-electron chi connectivity index (χ1n) is 6.26. The Morgan fingerprint density at radius 2 is 1.95 bits per heavy atom. The van der Waals surface area contributed by atoms with Gasteiger partial charge in [0.25, 0.3) is 0 Å². The summed E-state index contributed by atoms with van der Waals surface area (Å²) in [6.45, 7) is 5.99. The van der Waals surface area contributed by atoms with Crippen molar-refractivity contribution in [3.05, 3.63) is 72.0 Å². The van der Waals surface area contributed by atoms with E-state index >= 15 is 0 Å². The van der Waals surface area contributed by atoms with Gasteiger partial charge in [-0.2, -0.15) is 0 Å². The molecule has 0 fully saturated rings. The van der Waals surface area contributed by atoms with Gasteiger partial charge in [-0.15, -0.1) is 6.58 Å². The third kappa shape index (κ3) is 3.58. The van der Waals surface area contributed by atoms with Crippen molar-refractivity contribution < 1.29 is 0 Å². The summed E-state index contributed by atoms with van der Waals surface area (Å²) >= 11 is 5.90. The fourth-order valence-corrected chi connectivity index (χ4v) is 2.02. The highest BCUT2D eigenvalue weighted by Crippen LogP contribution is 2.26. The van der Waals surface area contributed by atoms with E-state index in [0.29, 0.717) is 0 Å². The van der Waals surface area contributed by atoms with Gasteiger partial charge in [-0.3, -0.25) is 4.98 Å². The summed E-state index contributed by atoms with van der Waals surface area (Å²) in [7, 11) is 0. The van der Waals surface area contributed by atoms with Gasteiger partial charge in [0, 0.05) is 16.9 Å². The number of pyridine rings is 1. The lowest BCUT2D eigenvalue weighted by Crippen LogP contribution is -2.18. The number of benzene rings is 1. The number of aromatic nitrogens is 1. The highest BCUT2D eigenvalue weighted by molar-refractivity contribution is 6.30. The van der Waals surface area contributed by atoms with Crippen molar-refractivity contribution in [3.8, 4) is 0 Å². The number of rotatable bonds is 5. The molecule has 1 heterocycles. The molecule has 2 unspecified atom stereocenters. The van der Waals surface area contributed by atoms with Crippen molar-refractivity contribution in [2.75, 3.05) is 5.32 Å². The fraction of sp³-hybridized carbons (Fsp3) is 0.188. The van der Waals surface area contributed by atoms with Crippen LogP contribution in [-0.4, -0.2) is 4.98 Å². The van der Waals surface area contributed by atoms with Crippen molar-refractivity contribution >= 4 is 17.3 Å². The predicted molar refractivity (Wildman–Crippen MR) is 81.4 cm³/mol. The summed E-state index contributed by atoms with van der Waals surface area (Å²) in [6, 6.07) is 13.7. The maximum atomic E-state index is 5.90. The second-order valence-corrected chi connectivity index (χ2v) is 4.91. The SMILES string of the molecule is C=CC(C)C(Nc1ccc(Cl)cc1)c1ccccn1. The van der Waals surface area contributed by atoms with Crippen LogP contribution in [0.4, 0.5) is 5.69 Å². The molecule has 2 rings (SSSR count). The predicted octanol–water partition coefficient (Wildman–Crippen LogP) is 4.71. The maximum absolute atomic E-state index is 5.90. The van der Waals surface area contributed by atoms with E-state index in [1.807, 2.05) is 54.7 Å². The standard InChI is InChI=1S/C16H17ClN2/c1-3-12(2)16(15-6-4-5-11-18-15)19-14-9-7-13(17)8-10-14/h3-12,16,19H,1H2,2H3. The zero-order valence-corrected chi connectivity index (χ0v) is 11.6. The molecule has 0 saturated carbocycles. The average molecular weight is 273 g/mol. The van der Waals surface area contributed by atoms with Crippen molar-refractivity contribution in [2.45, 2.75) is 13.0 Å². The van der Waals surface area contributed by atoms with Crippen LogP contribution in [0.3, 0.4) is 0 Å². The van der Waals surface area contributed by atoms with E-state index in [9.17, 15) is 0 Å². The van der Waals surface area contributed by atoms with Crippen LogP contribution in [0.2, 0.25) is 5.02 Å². The minimum absolute atomic E-state index is 0.0971. The number of hydrogen-bond donors (Lipinski definition) is 1. The van der Waals surface area contributed by atoms with Crippen molar-refractivity contribution in [1.82, 2.24) is 4.98 Å². The van der Waals surface area contributed by atoms with E-state index in [2.05, 4.69) is 23.8 Å². The van der Waals surface area contributed by atoms with E-state index in [4.69, 9.17) is 11.6 Å². The lowest BCUT2D eigenvalue weighted by Gasteiger charge is -2.23. The summed E-state index contributed by atoms with van der Waals surface area (Å²) < 4.78 is 0. The van der Waals surface area contributed by atoms with Crippen LogP contribution < -0.4 is 5.32 Å². The van der Waals surface area contributed by atoms with Crippen LogP contribution in [0, 0.1) is 5.92 Å². The Kier molecular flexibility index (Phi) is 4.58. The lowest BCUT2D eigenvalue weighted by molar-refractivity contribution is 0.590. The van der Waals surface area contributed by atoms with Crippen LogP contribution in [0.5, 0.6) is 0 Å². The second kappa shape index (κ2) is 6.39. The van der Waals surface area contributed by atoms with E-state index in [1.54, 1.807) is 0 Å². The molecule has 0 aliphatic heterocycles. The minimum Gasteiger partial charge on any atom is -0.376 e. The van der Waals surface area contributed by atoms with Gasteiger partial charge in [0.2, 0.25) is 0 Å². The molecular weight excluding hydrogens is 256 g/mol. The molecule has 0 aliphatic rings. The highest BCUT2D eigenvalue weighted by Gasteiger charge is 2.17. The Balaban J connectivity index is 2.24. The molecule has 0 saturated heterocycles. The molecule has 2 aromatic rings. The summed E-state index contributed by atoms with van der Waals surface area (Å²) in [6.07, 6.45) is 3.74. The van der Waals surface area contributed by atoms with E-state index in [-0.39, 0.29) is 12.0 Å². The molecule has 3 heteroatoms. The van der Waals surface area contributed by atoms with Gasteiger partial charge >= 0.3 is 0 Å². The van der Waals surface area contributed by atoms with Gasteiger partial charge < -0.3 is 5.32 Å². The highest BCUT2D eigenvalue weighted by atomic mass is 35.5. The topological polar surface area (TPSA) is 24.9 Å². The van der Waals surface area contributed by atoms with Gasteiger partial charge in [0.05, 0.1) is 11.7 Å². The molecule has 0 bridgehead atoms. The smallest absolute Gasteiger partial charge is 0.0744 e. The molecule has 98 valence electrons. The first kappa shape index (κ1) is 13.6. The molecule has 2 atom stereocenters. The number of halogens is 1. The molecule has 1 aromatic carbocycles. The molecule has 19 heavy (non-hydrogen) atoms. The zero-order chi connectivity index (χ0) is 13.7. The summed E-state index contributed by atoms with van der Waals surface area (Å²) in [5.74, 6) is 0.269. The molecular formula is C16H17ClN2. The van der Waals surface area contributed by atoms with Crippen molar-refractivity contribution in [2.24, 2.45) is 5.92 Å². The largest absolute Gasteiger partial charge is 0.376 e. The zero-order valence-electron chi connectivity index (χ0n) is 10.9. The number of nitrogens with one attached hydrogen (secondary N) is 1. The molecule has 0 spiro atoms. The molecule has 2 nitrogen and oxygen atoms in total. The molecule has 1 aromatic heterocycles. The van der Waals surface area contributed by atoms with Crippen LogP contribution in [0.1, 0.15) is 18.7 Å². The van der Waals surface area contributed by atoms with Crippen LogP contribution >= 0.6 is 11.6 Å². The van der Waals surface area contributed by atoms with Gasteiger partial charge in [0.1, 0.15) is 0 Å². The first-order valence-corrected chi connectivity index (χ1v) is 6.64. The lowest BCUT2D eigenvalue weighted by atomic mass is 9.98. The Morgan fingerprint density at radius 1 is 1.21 bits per heavy atom. The van der Waals surface area contributed by atoms with Gasteiger partial charge in [-0.05, 0) is 42.3 Å². The summed E-state index contributed by atoms with van der Waals surface area (Å²) in [5.41, 5.74) is 2.03. The molecule has 0 amide bonds. The molecule has 0 aliphatic carbocycles. The number of nitrogens with zero attached hydrogens (tertiary/aromatic N) is 1. The minimum atomic E-state index is 0.0971.